The van der Waals surface area contributed by atoms with E-state index in [0.29, 0.717) is 28.6 Å². The van der Waals surface area contributed by atoms with Gasteiger partial charge in [0, 0.05) is 22.0 Å². The van der Waals surface area contributed by atoms with Gasteiger partial charge < -0.3 is 0 Å². The molecule has 0 aromatic heterocycles. The molecule has 2 aromatic carbocycles. The van der Waals surface area contributed by atoms with Crippen molar-refractivity contribution in [2.45, 2.75) is 11.3 Å². The van der Waals surface area contributed by atoms with Crippen molar-refractivity contribution in [3.05, 3.63) is 63.6 Å². The number of Topliss-reactive ketones (excluding diaryl/α,β-unsaturated/α-hetero) is 1. The van der Waals surface area contributed by atoms with Crippen LogP contribution in [0.1, 0.15) is 15.9 Å². The van der Waals surface area contributed by atoms with Crippen molar-refractivity contribution in [3.63, 3.8) is 0 Å². The van der Waals surface area contributed by atoms with E-state index in [1.807, 2.05) is 12.1 Å². The summed E-state index contributed by atoms with van der Waals surface area (Å²) in [5.74, 6) is 0.247. The molecule has 0 fully saturated rings. The van der Waals surface area contributed by atoms with E-state index in [0.717, 1.165) is 16.7 Å². The van der Waals surface area contributed by atoms with E-state index >= 15 is 0 Å². The lowest BCUT2D eigenvalue weighted by Crippen LogP contribution is -2.24. The van der Waals surface area contributed by atoms with E-state index in [1.165, 1.54) is 11.8 Å². The number of hydrogen-bond donors (Lipinski definition) is 1. The van der Waals surface area contributed by atoms with Crippen molar-refractivity contribution in [2.24, 2.45) is 0 Å². The molecule has 0 atom stereocenters. The SMILES string of the molecule is CS(=O)(=O)NCCc1ccc(C(=O)CSc2cc(Cl)ccc2Cl)cc1. The molecular formula is C17H17Cl2NO3S2. The lowest BCUT2D eigenvalue weighted by atomic mass is 10.1. The molecule has 2 rings (SSSR count). The zero-order valence-electron chi connectivity index (χ0n) is 13.5. The molecule has 0 bridgehead atoms. The van der Waals surface area contributed by atoms with Crippen molar-refractivity contribution in [1.29, 1.82) is 0 Å². The summed E-state index contributed by atoms with van der Waals surface area (Å²) in [6, 6.07) is 12.3. The molecule has 0 spiro atoms. The minimum atomic E-state index is -3.18. The number of rotatable bonds is 8. The van der Waals surface area contributed by atoms with E-state index < -0.39 is 10.0 Å². The second-order valence-corrected chi connectivity index (χ2v) is 9.09. The van der Waals surface area contributed by atoms with Crippen LogP contribution in [0.3, 0.4) is 0 Å². The highest BCUT2D eigenvalue weighted by molar-refractivity contribution is 8.00. The number of carbonyl (C=O) groups is 1. The summed E-state index contributed by atoms with van der Waals surface area (Å²) in [4.78, 5) is 13.1. The molecule has 0 saturated heterocycles. The van der Waals surface area contributed by atoms with Crippen molar-refractivity contribution < 1.29 is 13.2 Å². The maximum atomic E-state index is 12.3. The Hall–Kier alpha value is -1.05. The molecule has 0 radical (unpaired) electrons. The van der Waals surface area contributed by atoms with Gasteiger partial charge in [0.15, 0.2) is 5.78 Å². The topological polar surface area (TPSA) is 63.2 Å². The lowest BCUT2D eigenvalue weighted by molar-refractivity contribution is 0.102. The summed E-state index contributed by atoms with van der Waals surface area (Å²) < 4.78 is 24.5. The van der Waals surface area contributed by atoms with Crippen LogP contribution >= 0.6 is 35.0 Å². The second-order valence-electron chi connectivity index (χ2n) is 5.40. The molecule has 8 heteroatoms. The van der Waals surface area contributed by atoms with Crippen LogP contribution in [0.2, 0.25) is 10.0 Å². The third-order valence-electron chi connectivity index (χ3n) is 3.31. The van der Waals surface area contributed by atoms with Crippen molar-refractivity contribution >= 4 is 50.8 Å². The van der Waals surface area contributed by atoms with Crippen LogP contribution in [0, 0.1) is 0 Å². The second kappa shape index (κ2) is 9.05. The molecule has 25 heavy (non-hydrogen) atoms. The summed E-state index contributed by atoms with van der Waals surface area (Å²) in [5.41, 5.74) is 1.56. The average Bonchev–Trinajstić information content (AvgIpc) is 2.55. The number of halogens is 2. The molecule has 4 nitrogen and oxygen atoms in total. The van der Waals surface area contributed by atoms with Gasteiger partial charge in [-0.1, -0.05) is 47.5 Å². The van der Waals surface area contributed by atoms with Crippen LogP contribution < -0.4 is 4.72 Å². The number of sulfonamides is 1. The van der Waals surface area contributed by atoms with E-state index in [2.05, 4.69) is 4.72 Å². The summed E-state index contributed by atoms with van der Waals surface area (Å²) in [7, 11) is -3.18. The first-order valence-corrected chi connectivity index (χ1v) is 11.0. The Morgan fingerprint density at radius 3 is 2.44 bits per heavy atom. The maximum Gasteiger partial charge on any atom is 0.208 e. The first-order chi connectivity index (χ1) is 11.7. The quantitative estimate of drug-likeness (QED) is 0.519. The van der Waals surface area contributed by atoms with Crippen LogP contribution in [0.15, 0.2) is 47.4 Å². The van der Waals surface area contributed by atoms with Gasteiger partial charge in [-0.25, -0.2) is 13.1 Å². The van der Waals surface area contributed by atoms with Crippen LogP contribution in [-0.2, 0) is 16.4 Å². The molecule has 0 heterocycles. The van der Waals surface area contributed by atoms with Crippen LogP contribution in [0.5, 0.6) is 0 Å². The highest BCUT2D eigenvalue weighted by Crippen LogP contribution is 2.30. The molecule has 1 N–H and O–H groups in total. The zero-order valence-corrected chi connectivity index (χ0v) is 16.6. The molecule has 0 aliphatic heterocycles. The van der Waals surface area contributed by atoms with Gasteiger partial charge in [0.25, 0.3) is 0 Å². The third-order valence-corrected chi connectivity index (χ3v) is 5.77. The predicted molar refractivity (Wildman–Crippen MR) is 105 cm³/mol. The molecule has 0 saturated carbocycles. The minimum absolute atomic E-state index is 0.0122. The van der Waals surface area contributed by atoms with Gasteiger partial charge in [-0.3, -0.25) is 4.79 Å². The largest absolute Gasteiger partial charge is 0.293 e. The average molecular weight is 418 g/mol. The Balaban J connectivity index is 1.90. The molecule has 134 valence electrons. The molecule has 0 amide bonds. The van der Waals surface area contributed by atoms with Gasteiger partial charge in [-0.15, -0.1) is 11.8 Å². The number of thioether (sulfide) groups is 1. The fourth-order valence-corrected chi connectivity index (χ4v) is 3.91. The smallest absolute Gasteiger partial charge is 0.208 e. The monoisotopic (exact) mass is 417 g/mol. The van der Waals surface area contributed by atoms with Crippen LogP contribution in [-0.4, -0.2) is 32.8 Å². The Morgan fingerprint density at radius 2 is 1.80 bits per heavy atom. The first-order valence-electron chi connectivity index (χ1n) is 7.39. The van der Waals surface area contributed by atoms with E-state index in [-0.39, 0.29) is 11.5 Å². The molecule has 0 aliphatic rings. The number of benzene rings is 2. The Bertz CT molecular complexity index is 853. The van der Waals surface area contributed by atoms with Crippen molar-refractivity contribution in [2.75, 3.05) is 18.6 Å². The highest BCUT2D eigenvalue weighted by Gasteiger charge is 2.09. The summed E-state index contributed by atoms with van der Waals surface area (Å²) >= 11 is 13.4. The van der Waals surface area contributed by atoms with Gasteiger partial charge in [0.05, 0.1) is 17.0 Å². The van der Waals surface area contributed by atoms with Crippen LogP contribution in [0.25, 0.3) is 0 Å². The van der Waals surface area contributed by atoms with Gasteiger partial charge in [0.1, 0.15) is 0 Å². The Labute approximate surface area is 162 Å². The number of carbonyl (C=O) groups excluding carboxylic acids is 1. The van der Waals surface area contributed by atoms with E-state index in [4.69, 9.17) is 23.2 Å². The molecule has 0 unspecified atom stereocenters. The summed E-state index contributed by atoms with van der Waals surface area (Å²) in [6.45, 7) is 0.329. The third kappa shape index (κ3) is 6.99. The number of ketones is 1. The van der Waals surface area contributed by atoms with Gasteiger partial charge in [-0.2, -0.15) is 0 Å². The van der Waals surface area contributed by atoms with Gasteiger partial charge in [0.2, 0.25) is 10.0 Å². The normalized spacial score (nSPS) is 11.5. The lowest BCUT2D eigenvalue weighted by Gasteiger charge is -2.06. The van der Waals surface area contributed by atoms with Gasteiger partial charge >= 0.3 is 0 Å². The molecular weight excluding hydrogens is 401 g/mol. The van der Waals surface area contributed by atoms with Crippen molar-refractivity contribution in [1.82, 2.24) is 4.72 Å². The predicted octanol–water partition coefficient (Wildman–Crippen LogP) is 4.06. The van der Waals surface area contributed by atoms with E-state index in [1.54, 1.807) is 30.3 Å². The summed E-state index contributed by atoms with van der Waals surface area (Å²) in [6.07, 6.45) is 1.69. The Kier molecular flexibility index (Phi) is 7.34. The van der Waals surface area contributed by atoms with Crippen molar-refractivity contribution in [3.8, 4) is 0 Å². The summed E-state index contributed by atoms with van der Waals surface area (Å²) in [5, 5.41) is 1.14. The van der Waals surface area contributed by atoms with Gasteiger partial charge in [-0.05, 0) is 30.2 Å². The first kappa shape index (κ1) is 20.3. The maximum absolute atomic E-state index is 12.3. The Morgan fingerprint density at radius 1 is 1.12 bits per heavy atom. The highest BCUT2D eigenvalue weighted by atomic mass is 35.5. The molecule has 0 aliphatic carbocycles. The van der Waals surface area contributed by atoms with Crippen LogP contribution in [0.4, 0.5) is 0 Å². The minimum Gasteiger partial charge on any atom is -0.293 e. The number of hydrogen-bond acceptors (Lipinski definition) is 4. The molecule has 2 aromatic rings. The van der Waals surface area contributed by atoms with E-state index in [9.17, 15) is 13.2 Å². The standard InChI is InChI=1S/C17H17Cl2NO3S2/c1-25(22,23)20-9-8-12-2-4-13(5-3-12)16(21)11-24-17-10-14(18)6-7-15(17)19/h2-7,10,20H,8-9,11H2,1H3. The number of nitrogens with one attached hydrogen (secondary N) is 1. The fraction of sp³-hybridized carbons (Fsp3) is 0.235. The fourth-order valence-electron chi connectivity index (χ4n) is 2.05. The zero-order chi connectivity index (χ0) is 18.4.